The summed E-state index contributed by atoms with van der Waals surface area (Å²) in [6.07, 6.45) is 0. The van der Waals surface area contributed by atoms with Crippen molar-refractivity contribution in [1.82, 2.24) is 0 Å². The molecule has 12 heteroatoms. The van der Waals surface area contributed by atoms with E-state index in [1.54, 1.807) is 0 Å². The average molecular weight is 400 g/mol. The van der Waals surface area contributed by atoms with Crippen LogP contribution in [0, 0.1) is 30.3 Å². The first-order valence-corrected chi connectivity index (χ1v) is 6.75. The quantitative estimate of drug-likeness (QED) is 0.582. The van der Waals surface area contributed by atoms with Crippen LogP contribution in [0.15, 0.2) is 28.7 Å². The molecule has 0 aromatic heterocycles. The highest BCUT2D eigenvalue weighted by Gasteiger charge is 2.28. The molecular formula is C12H6BrN3O8. The van der Waals surface area contributed by atoms with Crippen LogP contribution < -0.4 is 0 Å². The lowest BCUT2D eigenvalue weighted by atomic mass is 10.0. The maximum atomic E-state index is 11.0. The number of aromatic hydroxyl groups is 2. The number of non-ortho nitro benzene ring substituents is 1. The molecule has 0 radical (unpaired) electrons. The van der Waals surface area contributed by atoms with E-state index in [9.17, 15) is 40.6 Å². The number of nitro benzene ring substituents is 3. The van der Waals surface area contributed by atoms with E-state index in [1.807, 2.05) is 0 Å². The van der Waals surface area contributed by atoms with E-state index in [1.165, 1.54) is 0 Å². The van der Waals surface area contributed by atoms with Crippen LogP contribution in [0.5, 0.6) is 11.5 Å². The van der Waals surface area contributed by atoms with Crippen molar-refractivity contribution in [3.05, 3.63) is 59.1 Å². The maximum absolute atomic E-state index is 11.0. The van der Waals surface area contributed by atoms with Crippen LogP contribution in [-0.4, -0.2) is 25.0 Å². The van der Waals surface area contributed by atoms with Crippen molar-refractivity contribution in [2.24, 2.45) is 0 Å². The first kappa shape index (κ1) is 17.1. The van der Waals surface area contributed by atoms with Crippen LogP contribution in [0.2, 0.25) is 0 Å². The molecule has 11 nitrogen and oxygen atoms in total. The topological polar surface area (TPSA) is 170 Å². The highest BCUT2D eigenvalue weighted by atomic mass is 79.9. The standard InChI is InChI=1S/C12H6BrN3O8/c13-5-1-7(11(17)9(2-5)15(21)22)8-3-6(14(19)20)4-10(12(8)18)16(23)24/h1-4,17-18H. The lowest BCUT2D eigenvalue weighted by Gasteiger charge is -2.09. The van der Waals surface area contributed by atoms with Crippen molar-refractivity contribution in [1.29, 1.82) is 0 Å². The molecule has 2 aromatic carbocycles. The number of hydrogen-bond acceptors (Lipinski definition) is 8. The fraction of sp³-hybridized carbons (Fsp3) is 0. The van der Waals surface area contributed by atoms with Gasteiger partial charge in [-0.15, -0.1) is 0 Å². The van der Waals surface area contributed by atoms with Gasteiger partial charge in [0, 0.05) is 27.7 Å². The van der Waals surface area contributed by atoms with Crippen LogP contribution in [0.3, 0.4) is 0 Å². The second-order valence-corrected chi connectivity index (χ2v) is 5.37. The van der Waals surface area contributed by atoms with E-state index in [0.29, 0.717) is 6.07 Å². The molecule has 2 rings (SSSR count). The molecule has 0 atom stereocenters. The van der Waals surface area contributed by atoms with Gasteiger partial charge in [-0.3, -0.25) is 30.3 Å². The molecule has 0 bridgehead atoms. The number of benzene rings is 2. The second kappa shape index (κ2) is 6.08. The minimum atomic E-state index is -1.05. The second-order valence-electron chi connectivity index (χ2n) is 4.45. The van der Waals surface area contributed by atoms with Gasteiger partial charge in [0.2, 0.25) is 11.5 Å². The normalized spacial score (nSPS) is 10.4. The predicted octanol–water partition coefficient (Wildman–Crippen LogP) is 3.25. The van der Waals surface area contributed by atoms with Crippen molar-refractivity contribution in [3.63, 3.8) is 0 Å². The lowest BCUT2D eigenvalue weighted by molar-refractivity contribution is -0.394. The zero-order valence-corrected chi connectivity index (χ0v) is 13.0. The predicted molar refractivity (Wildman–Crippen MR) is 82.9 cm³/mol. The summed E-state index contributed by atoms with van der Waals surface area (Å²) in [4.78, 5) is 29.9. The number of phenolic OH excluding ortho intramolecular Hbond substituents is 2. The van der Waals surface area contributed by atoms with E-state index < -0.39 is 48.9 Å². The average Bonchev–Trinajstić information content (AvgIpc) is 2.48. The zero-order valence-electron chi connectivity index (χ0n) is 11.4. The van der Waals surface area contributed by atoms with Gasteiger partial charge in [0.25, 0.3) is 5.69 Å². The Morgan fingerprint density at radius 2 is 1.21 bits per heavy atom. The third-order valence-corrected chi connectivity index (χ3v) is 3.48. The van der Waals surface area contributed by atoms with Gasteiger partial charge in [-0.05, 0) is 6.07 Å². The Morgan fingerprint density at radius 3 is 1.67 bits per heavy atom. The molecule has 0 spiro atoms. The first-order valence-electron chi connectivity index (χ1n) is 5.96. The van der Waals surface area contributed by atoms with Gasteiger partial charge in [-0.2, -0.15) is 0 Å². The summed E-state index contributed by atoms with van der Waals surface area (Å²) in [6.45, 7) is 0. The largest absolute Gasteiger partial charge is 0.502 e. The minimum absolute atomic E-state index is 0.121. The van der Waals surface area contributed by atoms with Crippen molar-refractivity contribution < 1.29 is 25.0 Å². The van der Waals surface area contributed by atoms with E-state index in [0.717, 1.165) is 18.2 Å². The van der Waals surface area contributed by atoms with Gasteiger partial charge >= 0.3 is 11.4 Å². The van der Waals surface area contributed by atoms with Crippen molar-refractivity contribution in [2.75, 3.05) is 0 Å². The molecule has 0 aliphatic carbocycles. The molecule has 0 aliphatic rings. The highest BCUT2D eigenvalue weighted by molar-refractivity contribution is 9.10. The van der Waals surface area contributed by atoms with Gasteiger partial charge < -0.3 is 10.2 Å². The molecule has 0 heterocycles. The monoisotopic (exact) mass is 399 g/mol. The summed E-state index contributed by atoms with van der Waals surface area (Å²) in [7, 11) is 0. The molecular weight excluding hydrogens is 394 g/mol. The summed E-state index contributed by atoms with van der Waals surface area (Å²) in [5.74, 6) is -1.86. The fourth-order valence-electron chi connectivity index (χ4n) is 1.98. The summed E-state index contributed by atoms with van der Waals surface area (Å²) in [5.41, 5.74) is -3.30. The number of rotatable bonds is 4. The van der Waals surface area contributed by atoms with E-state index in [4.69, 9.17) is 0 Å². The number of phenols is 2. The number of nitro groups is 3. The third-order valence-electron chi connectivity index (χ3n) is 3.02. The van der Waals surface area contributed by atoms with Gasteiger partial charge in [0.15, 0.2) is 0 Å². The van der Waals surface area contributed by atoms with E-state index in [2.05, 4.69) is 15.9 Å². The van der Waals surface area contributed by atoms with Crippen molar-refractivity contribution >= 4 is 33.0 Å². The van der Waals surface area contributed by atoms with Crippen molar-refractivity contribution in [3.8, 4) is 22.6 Å². The van der Waals surface area contributed by atoms with Gasteiger partial charge in [-0.1, -0.05) is 15.9 Å². The van der Waals surface area contributed by atoms with Crippen LogP contribution in [-0.2, 0) is 0 Å². The molecule has 0 saturated heterocycles. The van der Waals surface area contributed by atoms with E-state index in [-0.39, 0.29) is 10.0 Å². The molecule has 0 unspecified atom stereocenters. The van der Waals surface area contributed by atoms with Crippen LogP contribution >= 0.6 is 15.9 Å². The van der Waals surface area contributed by atoms with Gasteiger partial charge in [0.05, 0.1) is 20.8 Å². The van der Waals surface area contributed by atoms with Crippen molar-refractivity contribution in [2.45, 2.75) is 0 Å². The number of halogens is 1. The Labute approximate surface area is 140 Å². The van der Waals surface area contributed by atoms with Crippen LogP contribution in [0.4, 0.5) is 17.1 Å². The summed E-state index contributed by atoms with van der Waals surface area (Å²) in [6, 6.07) is 3.42. The van der Waals surface area contributed by atoms with Gasteiger partial charge in [-0.25, -0.2) is 0 Å². The Bertz CT molecular complexity index is 898. The van der Waals surface area contributed by atoms with Crippen LogP contribution in [0.25, 0.3) is 11.1 Å². The summed E-state index contributed by atoms with van der Waals surface area (Å²) >= 11 is 2.97. The Balaban J connectivity index is 2.89. The SMILES string of the molecule is O=[N+]([O-])c1cc(-c2cc(Br)cc([N+](=O)[O-])c2O)c(O)c([N+](=O)[O-])c1. The smallest absolute Gasteiger partial charge is 0.318 e. The summed E-state index contributed by atoms with van der Waals surface area (Å²) < 4.78 is 0.121. The molecule has 2 N–H and O–H groups in total. The maximum Gasteiger partial charge on any atom is 0.318 e. The zero-order chi connectivity index (χ0) is 18.2. The molecule has 0 aliphatic heterocycles. The Hall–Kier alpha value is -3.28. The number of nitrogens with zero attached hydrogens (tertiary/aromatic N) is 3. The molecule has 0 saturated carbocycles. The molecule has 124 valence electrons. The third kappa shape index (κ3) is 2.94. The minimum Gasteiger partial charge on any atom is -0.502 e. The van der Waals surface area contributed by atoms with Gasteiger partial charge in [0.1, 0.15) is 0 Å². The summed E-state index contributed by atoms with van der Waals surface area (Å²) in [5, 5.41) is 52.8. The molecule has 0 amide bonds. The lowest BCUT2D eigenvalue weighted by Crippen LogP contribution is -1.96. The highest BCUT2D eigenvalue weighted by Crippen LogP contribution is 2.46. The fourth-order valence-corrected chi connectivity index (χ4v) is 2.43. The van der Waals surface area contributed by atoms with E-state index >= 15 is 0 Å². The van der Waals surface area contributed by atoms with Crippen LogP contribution in [0.1, 0.15) is 0 Å². The number of hydrogen-bond donors (Lipinski definition) is 2. The Morgan fingerprint density at radius 1 is 0.750 bits per heavy atom. The molecule has 2 aromatic rings. The molecule has 0 fully saturated rings. The molecule has 24 heavy (non-hydrogen) atoms. The Kier molecular flexibility index (Phi) is 4.33. The first-order chi connectivity index (χ1) is 11.1.